The molecule has 0 aliphatic carbocycles. The lowest BCUT2D eigenvalue weighted by atomic mass is 10.2. The summed E-state index contributed by atoms with van der Waals surface area (Å²) in [6, 6.07) is 0.645. The van der Waals surface area contributed by atoms with Crippen molar-refractivity contribution in [2.45, 2.75) is 11.8 Å². The topological polar surface area (TPSA) is 38.9 Å². The summed E-state index contributed by atoms with van der Waals surface area (Å²) in [6.45, 7) is 0. The molecule has 0 fully saturated rings. The standard InChI is InChI=1S/C7H6BrF3N2/c8-2-4-6(12)3(7(10)11)1-5(9)13-4/h1,7H,2,12H2. The molecule has 0 amide bonds. The molecule has 0 unspecified atom stereocenters. The quantitative estimate of drug-likeness (QED) is 0.651. The Hall–Kier alpha value is -0.780. The van der Waals surface area contributed by atoms with Crippen molar-refractivity contribution in [3.05, 3.63) is 23.3 Å². The van der Waals surface area contributed by atoms with Gasteiger partial charge in [0.15, 0.2) is 0 Å². The predicted molar refractivity (Wildman–Crippen MR) is 46.2 cm³/mol. The molecule has 0 aromatic carbocycles. The molecule has 0 radical (unpaired) electrons. The Bertz CT molecular complexity index is 317. The number of nitrogens with zero attached hydrogens (tertiary/aromatic N) is 1. The molecule has 0 spiro atoms. The van der Waals surface area contributed by atoms with E-state index in [1.54, 1.807) is 0 Å². The highest BCUT2D eigenvalue weighted by atomic mass is 79.9. The molecule has 72 valence electrons. The lowest BCUT2D eigenvalue weighted by molar-refractivity contribution is 0.151. The smallest absolute Gasteiger partial charge is 0.266 e. The molecule has 1 rings (SSSR count). The van der Waals surface area contributed by atoms with Gasteiger partial charge in [0.2, 0.25) is 5.95 Å². The van der Waals surface area contributed by atoms with Gasteiger partial charge in [-0.15, -0.1) is 0 Å². The number of rotatable bonds is 2. The van der Waals surface area contributed by atoms with Crippen LogP contribution in [0.3, 0.4) is 0 Å². The zero-order valence-corrected chi connectivity index (χ0v) is 7.98. The van der Waals surface area contributed by atoms with Crippen LogP contribution in [0.25, 0.3) is 0 Å². The summed E-state index contributed by atoms with van der Waals surface area (Å²) < 4.78 is 37.1. The number of halogens is 4. The predicted octanol–water partition coefficient (Wildman–Crippen LogP) is 2.64. The highest BCUT2D eigenvalue weighted by Crippen LogP contribution is 2.28. The zero-order chi connectivity index (χ0) is 10.0. The second-order valence-electron chi connectivity index (χ2n) is 2.33. The summed E-state index contributed by atoms with van der Waals surface area (Å²) >= 11 is 2.97. The molecule has 0 aliphatic rings. The van der Waals surface area contributed by atoms with Crippen molar-refractivity contribution < 1.29 is 13.2 Å². The minimum absolute atomic E-state index is 0.0929. The first-order valence-corrected chi connectivity index (χ1v) is 4.47. The minimum Gasteiger partial charge on any atom is -0.397 e. The number of nitrogen functional groups attached to an aromatic ring is 1. The molecule has 6 heteroatoms. The van der Waals surface area contributed by atoms with Crippen molar-refractivity contribution in [1.29, 1.82) is 0 Å². The molecule has 13 heavy (non-hydrogen) atoms. The third-order valence-corrected chi connectivity index (χ3v) is 2.03. The van der Waals surface area contributed by atoms with Crippen molar-refractivity contribution in [3.63, 3.8) is 0 Å². The molecule has 0 aliphatic heterocycles. The summed E-state index contributed by atoms with van der Waals surface area (Å²) in [5, 5.41) is 0.149. The lowest BCUT2D eigenvalue weighted by Gasteiger charge is -2.07. The van der Waals surface area contributed by atoms with E-state index in [0.29, 0.717) is 6.07 Å². The fourth-order valence-corrected chi connectivity index (χ4v) is 1.30. The monoisotopic (exact) mass is 254 g/mol. The van der Waals surface area contributed by atoms with Gasteiger partial charge in [-0.1, -0.05) is 15.9 Å². The van der Waals surface area contributed by atoms with Gasteiger partial charge in [0.25, 0.3) is 6.43 Å². The molecule has 1 aromatic heterocycles. The fraction of sp³-hybridized carbons (Fsp3) is 0.286. The normalized spacial score (nSPS) is 10.8. The molecule has 2 nitrogen and oxygen atoms in total. The number of hydrogen-bond acceptors (Lipinski definition) is 2. The summed E-state index contributed by atoms with van der Waals surface area (Å²) in [5.74, 6) is -0.945. The Morgan fingerprint density at radius 2 is 2.15 bits per heavy atom. The first kappa shape index (κ1) is 10.3. The third kappa shape index (κ3) is 2.12. The van der Waals surface area contributed by atoms with Gasteiger partial charge in [-0.05, 0) is 0 Å². The number of hydrogen-bond donors (Lipinski definition) is 1. The van der Waals surface area contributed by atoms with E-state index in [9.17, 15) is 13.2 Å². The molecule has 1 aromatic rings. The SMILES string of the molecule is Nc1c(C(F)F)cc(F)nc1CBr. The van der Waals surface area contributed by atoms with E-state index >= 15 is 0 Å². The van der Waals surface area contributed by atoms with Crippen LogP contribution in [0.5, 0.6) is 0 Å². The van der Waals surface area contributed by atoms with Crippen LogP contribution in [-0.4, -0.2) is 4.98 Å². The highest BCUT2D eigenvalue weighted by Gasteiger charge is 2.16. The van der Waals surface area contributed by atoms with Crippen molar-refractivity contribution in [1.82, 2.24) is 4.98 Å². The van der Waals surface area contributed by atoms with E-state index < -0.39 is 17.9 Å². The lowest BCUT2D eigenvalue weighted by Crippen LogP contribution is -2.03. The second-order valence-corrected chi connectivity index (χ2v) is 2.89. The van der Waals surface area contributed by atoms with E-state index in [1.165, 1.54) is 0 Å². The molecule has 1 heterocycles. The van der Waals surface area contributed by atoms with Gasteiger partial charge >= 0.3 is 0 Å². The zero-order valence-electron chi connectivity index (χ0n) is 6.40. The number of nitrogens with two attached hydrogens (primary N) is 1. The Morgan fingerprint density at radius 3 is 2.62 bits per heavy atom. The van der Waals surface area contributed by atoms with Gasteiger partial charge in [0, 0.05) is 17.0 Å². The number of pyridine rings is 1. The van der Waals surface area contributed by atoms with Gasteiger partial charge in [-0.25, -0.2) is 13.8 Å². The highest BCUT2D eigenvalue weighted by molar-refractivity contribution is 9.08. The second kappa shape index (κ2) is 3.95. The Balaban J connectivity index is 3.27. The van der Waals surface area contributed by atoms with Crippen molar-refractivity contribution in [2.75, 3.05) is 5.73 Å². The Kier molecular flexibility index (Phi) is 3.13. The van der Waals surface area contributed by atoms with E-state index in [1.807, 2.05) is 0 Å². The fourth-order valence-electron chi connectivity index (χ4n) is 0.877. The number of anilines is 1. The van der Waals surface area contributed by atoms with Crippen molar-refractivity contribution in [3.8, 4) is 0 Å². The molecule has 0 saturated heterocycles. The first-order valence-electron chi connectivity index (χ1n) is 3.35. The molecular formula is C7H6BrF3N2. The maximum atomic E-state index is 12.6. The van der Waals surface area contributed by atoms with Gasteiger partial charge in [-0.3, -0.25) is 0 Å². The Morgan fingerprint density at radius 1 is 1.54 bits per heavy atom. The van der Waals surface area contributed by atoms with Crippen LogP contribution in [0.4, 0.5) is 18.9 Å². The summed E-state index contributed by atoms with van der Waals surface area (Å²) in [5.41, 5.74) is 4.75. The average Bonchev–Trinajstić information content (AvgIpc) is 2.08. The summed E-state index contributed by atoms with van der Waals surface area (Å²) in [4.78, 5) is 3.36. The molecule has 0 bridgehead atoms. The van der Waals surface area contributed by atoms with Gasteiger partial charge in [0.05, 0.1) is 11.4 Å². The maximum absolute atomic E-state index is 12.6. The molecule has 2 N–H and O–H groups in total. The summed E-state index contributed by atoms with van der Waals surface area (Å²) in [6.07, 6.45) is -2.78. The van der Waals surface area contributed by atoms with Crippen molar-refractivity contribution >= 4 is 21.6 Å². The van der Waals surface area contributed by atoms with E-state index in [4.69, 9.17) is 5.73 Å². The Labute approximate surface area is 81.1 Å². The van der Waals surface area contributed by atoms with E-state index in [2.05, 4.69) is 20.9 Å². The minimum atomic E-state index is -2.78. The van der Waals surface area contributed by atoms with Crippen LogP contribution in [-0.2, 0) is 5.33 Å². The molecule has 0 atom stereocenters. The number of aromatic nitrogens is 1. The molecular weight excluding hydrogens is 249 g/mol. The van der Waals surface area contributed by atoms with E-state index in [-0.39, 0.29) is 16.7 Å². The largest absolute Gasteiger partial charge is 0.397 e. The van der Waals surface area contributed by atoms with Crippen molar-refractivity contribution in [2.24, 2.45) is 0 Å². The maximum Gasteiger partial charge on any atom is 0.266 e. The van der Waals surface area contributed by atoms with Gasteiger partial charge in [-0.2, -0.15) is 4.39 Å². The van der Waals surface area contributed by atoms with Crippen LogP contribution in [0.1, 0.15) is 17.7 Å². The van der Waals surface area contributed by atoms with Crippen LogP contribution in [0, 0.1) is 5.95 Å². The van der Waals surface area contributed by atoms with E-state index in [0.717, 1.165) is 0 Å². The van der Waals surface area contributed by atoms with Crippen LogP contribution >= 0.6 is 15.9 Å². The van der Waals surface area contributed by atoms with Crippen LogP contribution < -0.4 is 5.73 Å². The van der Waals surface area contributed by atoms with Gasteiger partial charge in [0.1, 0.15) is 0 Å². The average molecular weight is 255 g/mol. The summed E-state index contributed by atoms with van der Waals surface area (Å²) in [7, 11) is 0. The number of alkyl halides is 3. The molecule has 0 saturated carbocycles. The van der Waals surface area contributed by atoms with Gasteiger partial charge < -0.3 is 5.73 Å². The first-order chi connectivity index (χ1) is 6.06. The third-order valence-electron chi connectivity index (χ3n) is 1.50. The van der Waals surface area contributed by atoms with Crippen LogP contribution in [0.15, 0.2) is 6.07 Å². The van der Waals surface area contributed by atoms with Crippen LogP contribution in [0.2, 0.25) is 0 Å².